The van der Waals surface area contributed by atoms with E-state index in [-0.39, 0.29) is 0 Å². The molecule has 0 aliphatic carbocycles. The van der Waals surface area contributed by atoms with Crippen molar-refractivity contribution in [2.24, 2.45) is 0 Å². The van der Waals surface area contributed by atoms with E-state index in [0.29, 0.717) is 0 Å². The minimum absolute atomic E-state index is 0.930. The Kier molecular flexibility index (Phi) is 7.85. The third-order valence-electron chi connectivity index (χ3n) is 0.561. The van der Waals surface area contributed by atoms with E-state index in [9.17, 15) is 0 Å². The maximum absolute atomic E-state index is 3.27. The number of allylic oxidation sites excluding steroid dienone is 4. The molecule has 0 radical (unpaired) electrons. The summed E-state index contributed by atoms with van der Waals surface area (Å²) in [6.07, 6.45) is 8.10. The molecule has 0 nitrogen and oxygen atoms in total. The summed E-state index contributed by atoms with van der Waals surface area (Å²) in [4.78, 5) is 0. The van der Waals surface area contributed by atoms with Gasteiger partial charge in [0.15, 0.2) is 0 Å². The molecule has 0 bridgehead atoms. The Balaban J connectivity index is 3.13. The Labute approximate surface area is 66.9 Å². The number of alkyl halides is 2. The molecule has 0 atom stereocenters. The third-order valence-corrected chi connectivity index (χ3v) is 1.31. The van der Waals surface area contributed by atoms with Crippen molar-refractivity contribution >= 4 is 31.9 Å². The van der Waals surface area contributed by atoms with Crippen molar-refractivity contribution in [2.45, 2.75) is 0 Å². The largest absolute Gasteiger partial charge is 0.0883 e. The van der Waals surface area contributed by atoms with Crippen molar-refractivity contribution < 1.29 is 0 Å². The van der Waals surface area contributed by atoms with Gasteiger partial charge in [-0.25, -0.2) is 0 Å². The van der Waals surface area contributed by atoms with E-state index in [2.05, 4.69) is 31.9 Å². The number of hydrogen-bond donors (Lipinski definition) is 0. The Morgan fingerprint density at radius 1 is 0.875 bits per heavy atom. The highest BCUT2D eigenvalue weighted by molar-refractivity contribution is 9.09. The molecule has 0 rings (SSSR count). The summed E-state index contributed by atoms with van der Waals surface area (Å²) in [5.41, 5.74) is 0. The molecule has 0 saturated carbocycles. The van der Waals surface area contributed by atoms with Crippen LogP contribution in [0.4, 0.5) is 0 Å². The average Bonchev–Trinajstić information content (AvgIpc) is 1.81. The van der Waals surface area contributed by atoms with Crippen molar-refractivity contribution in [3.63, 3.8) is 0 Å². The topological polar surface area (TPSA) is 0 Å². The molecule has 0 aromatic carbocycles. The van der Waals surface area contributed by atoms with Crippen LogP contribution < -0.4 is 0 Å². The molecule has 0 aromatic rings. The van der Waals surface area contributed by atoms with Crippen LogP contribution >= 0.6 is 31.9 Å². The lowest BCUT2D eigenvalue weighted by Crippen LogP contribution is -1.57. The van der Waals surface area contributed by atoms with Crippen LogP contribution in [0.1, 0.15) is 0 Å². The monoisotopic (exact) mass is 238 g/mol. The average molecular weight is 240 g/mol. The Morgan fingerprint density at radius 2 is 1.25 bits per heavy atom. The maximum Gasteiger partial charge on any atom is 0.0215 e. The van der Waals surface area contributed by atoms with Gasteiger partial charge in [-0.1, -0.05) is 56.2 Å². The van der Waals surface area contributed by atoms with Gasteiger partial charge in [0.05, 0.1) is 0 Å². The summed E-state index contributed by atoms with van der Waals surface area (Å²) < 4.78 is 0. The Hall–Kier alpha value is 0.440. The van der Waals surface area contributed by atoms with Crippen molar-refractivity contribution in [2.75, 3.05) is 10.7 Å². The van der Waals surface area contributed by atoms with Crippen molar-refractivity contribution in [1.82, 2.24) is 0 Å². The van der Waals surface area contributed by atoms with Gasteiger partial charge in [-0.2, -0.15) is 0 Å². The SMILES string of the molecule is BrC/C=C\C=C/CBr. The quantitative estimate of drug-likeness (QED) is 0.525. The smallest absolute Gasteiger partial charge is 0.0215 e. The van der Waals surface area contributed by atoms with Gasteiger partial charge in [-0.05, 0) is 0 Å². The molecule has 0 heterocycles. The molecule has 46 valence electrons. The summed E-state index contributed by atoms with van der Waals surface area (Å²) in [6.45, 7) is 0. The van der Waals surface area contributed by atoms with Gasteiger partial charge in [0.25, 0.3) is 0 Å². The van der Waals surface area contributed by atoms with Crippen molar-refractivity contribution in [3.05, 3.63) is 24.3 Å². The molecule has 2 heteroatoms. The van der Waals surface area contributed by atoms with Gasteiger partial charge in [0, 0.05) is 10.7 Å². The van der Waals surface area contributed by atoms with Gasteiger partial charge in [0.2, 0.25) is 0 Å². The number of hydrogen-bond acceptors (Lipinski definition) is 0. The molecular weight excluding hydrogens is 232 g/mol. The zero-order valence-corrected chi connectivity index (χ0v) is 7.65. The number of halogens is 2. The lowest BCUT2D eigenvalue weighted by atomic mass is 10.5. The fourth-order valence-corrected chi connectivity index (χ4v) is 0.692. The first kappa shape index (κ1) is 8.44. The lowest BCUT2D eigenvalue weighted by Gasteiger charge is -1.72. The fraction of sp³-hybridized carbons (Fsp3) is 0.333. The van der Waals surface area contributed by atoms with Crippen LogP contribution in [0.15, 0.2) is 24.3 Å². The second-order valence-electron chi connectivity index (χ2n) is 1.16. The minimum Gasteiger partial charge on any atom is -0.0883 e. The van der Waals surface area contributed by atoms with Gasteiger partial charge < -0.3 is 0 Å². The highest BCUT2D eigenvalue weighted by atomic mass is 79.9. The van der Waals surface area contributed by atoms with Crippen molar-refractivity contribution in [3.8, 4) is 0 Å². The van der Waals surface area contributed by atoms with E-state index in [1.54, 1.807) is 0 Å². The van der Waals surface area contributed by atoms with E-state index in [1.807, 2.05) is 24.3 Å². The normalized spacial score (nSPS) is 11.8. The highest BCUT2D eigenvalue weighted by Crippen LogP contribution is 1.85. The molecule has 0 amide bonds. The van der Waals surface area contributed by atoms with Crippen LogP contribution in [0.2, 0.25) is 0 Å². The van der Waals surface area contributed by atoms with Crippen LogP contribution in [0.25, 0.3) is 0 Å². The molecule has 8 heavy (non-hydrogen) atoms. The van der Waals surface area contributed by atoms with Crippen LogP contribution in [0.3, 0.4) is 0 Å². The van der Waals surface area contributed by atoms with Crippen LogP contribution in [-0.4, -0.2) is 10.7 Å². The molecule has 0 saturated heterocycles. The van der Waals surface area contributed by atoms with Gasteiger partial charge in [-0.3, -0.25) is 0 Å². The first-order chi connectivity index (χ1) is 3.91. The molecule has 0 spiro atoms. The zero-order chi connectivity index (χ0) is 6.24. The first-order valence-electron chi connectivity index (χ1n) is 2.35. The fourth-order valence-electron chi connectivity index (χ4n) is 0.260. The van der Waals surface area contributed by atoms with Gasteiger partial charge in [-0.15, -0.1) is 0 Å². The summed E-state index contributed by atoms with van der Waals surface area (Å²) in [5.74, 6) is 0. The van der Waals surface area contributed by atoms with E-state index in [1.165, 1.54) is 0 Å². The van der Waals surface area contributed by atoms with Crippen LogP contribution in [0, 0.1) is 0 Å². The zero-order valence-electron chi connectivity index (χ0n) is 4.48. The summed E-state index contributed by atoms with van der Waals surface area (Å²) in [5, 5.41) is 1.86. The van der Waals surface area contributed by atoms with Crippen LogP contribution in [-0.2, 0) is 0 Å². The first-order valence-corrected chi connectivity index (χ1v) is 4.59. The Morgan fingerprint density at radius 3 is 1.50 bits per heavy atom. The molecule has 0 fully saturated rings. The van der Waals surface area contributed by atoms with E-state index < -0.39 is 0 Å². The van der Waals surface area contributed by atoms with E-state index in [4.69, 9.17) is 0 Å². The minimum atomic E-state index is 0.930. The molecular formula is C6H8Br2. The number of rotatable bonds is 3. The van der Waals surface area contributed by atoms with Crippen LogP contribution in [0.5, 0.6) is 0 Å². The predicted octanol–water partition coefficient (Wildman–Crippen LogP) is 2.89. The highest BCUT2D eigenvalue weighted by Gasteiger charge is 1.63. The van der Waals surface area contributed by atoms with E-state index in [0.717, 1.165) is 10.7 Å². The maximum atomic E-state index is 3.27. The molecule has 0 N–H and O–H groups in total. The molecule has 0 aliphatic rings. The second-order valence-corrected chi connectivity index (χ2v) is 2.46. The summed E-state index contributed by atoms with van der Waals surface area (Å²) in [7, 11) is 0. The lowest BCUT2D eigenvalue weighted by molar-refractivity contribution is 1.73. The molecule has 0 unspecified atom stereocenters. The molecule has 0 aliphatic heterocycles. The standard InChI is InChI=1S/C6H8Br2/c7-5-3-1-2-4-6-8/h1-4H,5-6H2/b3-1-,4-2-. The molecule has 0 aromatic heterocycles. The van der Waals surface area contributed by atoms with Crippen molar-refractivity contribution in [1.29, 1.82) is 0 Å². The predicted molar refractivity (Wildman–Crippen MR) is 45.9 cm³/mol. The summed E-state index contributed by atoms with van der Waals surface area (Å²) in [6, 6.07) is 0. The van der Waals surface area contributed by atoms with Gasteiger partial charge >= 0.3 is 0 Å². The Bertz CT molecular complexity index is 72.5. The third kappa shape index (κ3) is 6.44. The second kappa shape index (κ2) is 7.44. The van der Waals surface area contributed by atoms with Gasteiger partial charge in [0.1, 0.15) is 0 Å². The van der Waals surface area contributed by atoms with E-state index >= 15 is 0 Å². The summed E-state index contributed by atoms with van der Waals surface area (Å²) >= 11 is 6.54.